The Balaban J connectivity index is 1.39. The Hall–Kier alpha value is -3.03. The van der Waals surface area contributed by atoms with Gasteiger partial charge in [-0.25, -0.2) is 0 Å². The molecule has 19 nitrogen and oxygen atoms in total. The van der Waals surface area contributed by atoms with Crippen molar-refractivity contribution in [1.29, 1.82) is 0 Å². The summed E-state index contributed by atoms with van der Waals surface area (Å²) in [5.74, 6) is -0.289. The third kappa shape index (κ3) is 28.4. The highest BCUT2D eigenvalue weighted by Crippen LogP contribution is 2.33. The molecular weight excluding hydrogens is 1060 g/mol. The van der Waals surface area contributed by atoms with Crippen LogP contribution in [0, 0.1) is 0 Å². The Morgan fingerprint density at radius 1 is 0.451 bits per heavy atom. The van der Waals surface area contributed by atoms with E-state index in [1.54, 1.807) is 6.08 Å². The van der Waals surface area contributed by atoms with E-state index in [-0.39, 0.29) is 18.9 Å². The summed E-state index contributed by atoms with van der Waals surface area (Å²) in [6.07, 6.45) is 28.8. The fourth-order valence-electron chi connectivity index (χ4n) is 9.90. The van der Waals surface area contributed by atoms with Gasteiger partial charge in [-0.2, -0.15) is 0 Å². The average Bonchev–Trinajstić information content (AvgIpc) is 3.60. The third-order valence-electron chi connectivity index (χ3n) is 14.9. The highest BCUT2D eigenvalue weighted by molar-refractivity contribution is 5.76. The molecule has 3 heterocycles. The Morgan fingerprint density at radius 2 is 0.841 bits per heavy atom. The number of rotatable bonds is 44. The molecule has 17 atom stereocenters. The number of aliphatic hydroxyl groups excluding tert-OH is 11. The summed E-state index contributed by atoms with van der Waals surface area (Å²) >= 11 is 0. The molecule has 0 saturated carbocycles. The number of aliphatic hydroxyl groups is 11. The number of nitrogens with one attached hydrogen (secondary N) is 1. The quantitative estimate of drug-likeness (QED) is 0.0247. The molecule has 19 heteroatoms. The predicted molar refractivity (Wildman–Crippen MR) is 314 cm³/mol. The Bertz CT molecular complexity index is 1820. The zero-order chi connectivity index (χ0) is 59.7. The van der Waals surface area contributed by atoms with E-state index in [9.17, 15) is 61.0 Å². The maximum absolute atomic E-state index is 13.3. The van der Waals surface area contributed by atoms with Crippen LogP contribution < -0.4 is 5.32 Å². The number of amides is 1. The van der Waals surface area contributed by atoms with Crippen LogP contribution in [0.1, 0.15) is 174 Å². The number of allylic oxidation sites excluding steroid dienone is 13. The van der Waals surface area contributed by atoms with Crippen LogP contribution in [0.5, 0.6) is 0 Å². The molecule has 472 valence electrons. The van der Waals surface area contributed by atoms with Gasteiger partial charge in [-0.3, -0.25) is 4.79 Å². The van der Waals surface area contributed by atoms with E-state index in [1.165, 1.54) is 44.9 Å². The van der Waals surface area contributed by atoms with Gasteiger partial charge >= 0.3 is 0 Å². The number of hydrogen-bond acceptors (Lipinski definition) is 18. The van der Waals surface area contributed by atoms with Gasteiger partial charge in [0.2, 0.25) is 5.91 Å². The van der Waals surface area contributed by atoms with Gasteiger partial charge in [0.15, 0.2) is 18.9 Å². The van der Waals surface area contributed by atoms with Gasteiger partial charge in [-0.05, 0) is 70.6 Å². The summed E-state index contributed by atoms with van der Waals surface area (Å²) in [4.78, 5) is 13.3. The van der Waals surface area contributed by atoms with Gasteiger partial charge in [0.1, 0.15) is 73.2 Å². The molecule has 0 radical (unpaired) electrons. The molecule has 3 aliphatic rings. The molecule has 1 amide bonds. The van der Waals surface area contributed by atoms with E-state index in [0.29, 0.717) is 6.42 Å². The van der Waals surface area contributed by atoms with E-state index >= 15 is 0 Å². The fraction of sp³-hybridized carbons (Fsp3) is 0.762. The van der Waals surface area contributed by atoms with Crippen molar-refractivity contribution in [3.8, 4) is 0 Å². The maximum Gasteiger partial charge on any atom is 0.220 e. The zero-order valence-corrected chi connectivity index (χ0v) is 49.2. The second kappa shape index (κ2) is 45.3. The largest absolute Gasteiger partial charge is 0.394 e. The van der Waals surface area contributed by atoms with Crippen LogP contribution in [0.2, 0.25) is 0 Å². The van der Waals surface area contributed by atoms with Crippen LogP contribution in [-0.4, -0.2) is 193 Å². The van der Waals surface area contributed by atoms with Crippen molar-refractivity contribution in [2.75, 3.05) is 26.4 Å². The summed E-state index contributed by atoms with van der Waals surface area (Å²) in [6.45, 7) is 1.52. The second-order valence-electron chi connectivity index (χ2n) is 21.8. The summed E-state index contributed by atoms with van der Waals surface area (Å²) in [6, 6.07) is -0.978. The van der Waals surface area contributed by atoms with Crippen molar-refractivity contribution in [1.82, 2.24) is 5.32 Å². The highest BCUT2D eigenvalue weighted by Gasteiger charge is 2.53. The molecule has 3 saturated heterocycles. The minimum atomic E-state index is -1.98. The zero-order valence-electron chi connectivity index (χ0n) is 49.2. The molecule has 0 spiro atoms. The van der Waals surface area contributed by atoms with E-state index in [0.717, 1.165) is 103 Å². The summed E-state index contributed by atoms with van der Waals surface area (Å²) in [5, 5.41) is 120. The van der Waals surface area contributed by atoms with Gasteiger partial charge in [-0.1, -0.05) is 182 Å². The lowest BCUT2D eigenvalue weighted by atomic mass is 9.96. The first-order valence-corrected chi connectivity index (χ1v) is 30.8. The molecule has 0 bridgehead atoms. The van der Waals surface area contributed by atoms with Gasteiger partial charge in [-0.15, -0.1) is 0 Å². The number of ether oxygens (including phenoxy) is 6. The molecule has 0 aromatic heterocycles. The first-order valence-electron chi connectivity index (χ1n) is 30.8. The standard InChI is InChI=1S/C63H107NO18/c1-3-5-7-9-11-13-14-15-16-17-18-19-20-21-22-23-24-25-26-27-28-29-30-31-32-33-35-37-39-41-51(69)64-46(47(68)40-38-36-34-12-10-8-6-4-2)45-77-61-57(75)54(72)59(49(43-66)79-61)82-63-58(76)55(73)60(50(44-67)80-63)81-62-56(74)53(71)52(70)48(42-65)78-62/h5,7,11,13,15-16,18-19,21-22,24-25,38,40,46-50,52-63,65-68,70-76H,3-4,6,8-10,12,14,17,20,23,26-37,39,41-45H2,1-2H3,(H,64,69)/b7-5-,13-11-,16-15-,19-18-,22-21-,25-24-,40-38+. The summed E-state index contributed by atoms with van der Waals surface area (Å²) in [7, 11) is 0. The number of carbonyl (C=O) groups is 1. The number of hydrogen-bond donors (Lipinski definition) is 12. The molecule has 82 heavy (non-hydrogen) atoms. The number of unbranched alkanes of at least 4 members (excludes halogenated alkanes) is 16. The average molecular weight is 1170 g/mol. The normalized spacial score (nSPS) is 30.2. The van der Waals surface area contributed by atoms with E-state index in [4.69, 9.17) is 28.4 Å². The molecule has 3 rings (SSSR count). The van der Waals surface area contributed by atoms with Crippen LogP contribution in [-0.2, 0) is 33.2 Å². The first kappa shape index (κ1) is 73.2. The summed E-state index contributed by atoms with van der Waals surface area (Å²) < 4.78 is 34.1. The minimum Gasteiger partial charge on any atom is -0.394 e. The highest BCUT2D eigenvalue weighted by atomic mass is 16.8. The van der Waals surface area contributed by atoms with Crippen molar-refractivity contribution in [3.63, 3.8) is 0 Å². The SMILES string of the molecule is CC/C=C\C/C=C\C/C=C\C/C=C\C/C=C\C/C=C\CCCCCCCCCCCCC(=O)NC(COC1OC(CO)C(OC2OC(CO)C(OC3OC(CO)C(O)C(O)C3O)C(O)C2O)C(O)C1O)C(O)/C=C/CCCCCCCC. The lowest BCUT2D eigenvalue weighted by molar-refractivity contribution is -0.379. The molecule has 0 aromatic rings. The van der Waals surface area contributed by atoms with Crippen molar-refractivity contribution in [3.05, 3.63) is 85.1 Å². The lowest BCUT2D eigenvalue weighted by Gasteiger charge is -2.48. The van der Waals surface area contributed by atoms with Crippen LogP contribution in [0.15, 0.2) is 85.1 Å². The number of carbonyl (C=O) groups excluding carboxylic acids is 1. The van der Waals surface area contributed by atoms with Crippen molar-refractivity contribution < 1.29 is 89.4 Å². The van der Waals surface area contributed by atoms with Crippen LogP contribution in [0.4, 0.5) is 0 Å². The van der Waals surface area contributed by atoms with E-state index < -0.39 is 124 Å². The molecule has 3 fully saturated rings. The smallest absolute Gasteiger partial charge is 0.220 e. The monoisotopic (exact) mass is 1170 g/mol. The van der Waals surface area contributed by atoms with Crippen LogP contribution in [0.3, 0.4) is 0 Å². The maximum atomic E-state index is 13.3. The topological polar surface area (TPSA) is 307 Å². The van der Waals surface area contributed by atoms with Gasteiger partial charge in [0.25, 0.3) is 0 Å². The lowest BCUT2D eigenvalue weighted by Crippen LogP contribution is -2.66. The van der Waals surface area contributed by atoms with Crippen molar-refractivity contribution >= 4 is 5.91 Å². The molecule has 17 unspecified atom stereocenters. The first-order chi connectivity index (χ1) is 39.8. The summed E-state index contributed by atoms with van der Waals surface area (Å²) in [5.41, 5.74) is 0. The van der Waals surface area contributed by atoms with Gasteiger partial charge < -0.3 is 89.9 Å². The van der Waals surface area contributed by atoms with Gasteiger partial charge in [0.05, 0.1) is 38.6 Å². The third-order valence-corrected chi connectivity index (χ3v) is 14.9. The van der Waals surface area contributed by atoms with E-state index in [1.807, 2.05) is 6.08 Å². The van der Waals surface area contributed by atoms with E-state index in [2.05, 4.69) is 92.1 Å². The second-order valence-corrected chi connectivity index (χ2v) is 21.8. The van der Waals surface area contributed by atoms with Crippen molar-refractivity contribution in [2.24, 2.45) is 0 Å². The molecule has 3 aliphatic heterocycles. The molecule has 12 N–H and O–H groups in total. The molecule has 0 aromatic carbocycles. The predicted octanol–water partition coefficient (Wildman–Crippen LogP) is 5.98. The minimum absolute atomic E-state index is 0.232. The molecule has 0 aliphatic carbocycles. The van der Waals surface area contributed by atoms with Crippen molar-refractivity contribution in [2.45, 2.75) is 279 Å². The Labute approximate surface area is 489 Å². The van der Waals surface area contributed by atoms with Crippen LogP contribution >= 0.6 is 0 Å². The Kier molecular flexibility index (Phi) is 40.5. The Morgan fingerprint density at radius 3 is 1.32 bits per heavy atom. The molecular formula is C63H107NO18. The van der Waals surface area contributed by atoms with Gasteiger partial charge in [0, 0.05) is 6.42 Å². The van der Waals surface area contributed by atoms with Crippen LogP contribution in [0.25, 0.3) is 0 Å². The fourth-order valence-corrected chi connectivity index (χ4v) is 9.90.